The van der Waals surface area contributed by atoms with Crippen molar-refractivity contribution in [2.24, 2.45) is 0 Å². The summed E-state index contributed by atoms with van der Waals surface area (Å²) < 4.78 is 4.86. The smallest absolute Gasteiger partial charge is 0.409 e. The van der Waals surface area contributed by atoms with Gasteiger partial charge in [-0.15, -0.1) is 0 Å². The number of rotatable bonds is 3. The third kappa shape index (κ3) is 3.74. The van der Waals surface area contributed by atoms with Crippen molar-refractivity contribution in [3.63, 3.8) is 0 Å². The quantitative estimate of drug-likeness (QED) is 0.631. The molecule has 29 heavy (non-hydrogen) atoms. The number of hydrogen-bond acceptors (Lipinski definition) is 3. The van der Waals surface area contributed by atoms with Crippen LogP contribution in [0, 0.1) is 6.92 Å². The molecule has 1 saturated heterocycles. The van der Waals surface area contributed by atoms with Crippen LogP contribution in [0.1, 0.15) is 55.3 Å². The first kappa shape index (κ1) is 19.5. The van der Waals surface area contributed by atoms with Gasteiger partial charge in [-0.2, -0.15) is 0 Å². The Morgan fingerprint density at radius 2 is 1.97 bits per heavy atom. The summed E-state index contributed by atoms with van der Waals surface area (Å²) in [5, 5.41) is 1.30. The highest BCUT2D eigenvalue weighted by atomic mass is 16.5. The molecule has 152 valence electrons. The first-order valence-electron chi connectivity index (χ1n) is 10.4. The second-order valence-electron chi connectivity index (χ2n) is 8.29. The van der Waals surface area contributed by atoms with Gasteiger partial charge >= 0.3 is 6.09 Å². The number of aromatic amines is 1. The predicted octanol–water partition coefficient (Wildman–Crippen LogP) is 5.61. The molecule has 5 heteroatoms. The molecular formula is C24H29N3O2. The fourth-order valence-electron chi connectivity index (χ4n) is 4.54. The molecule has 1 aromatic carbocycles. The number of carbonyl (C=O) groups excluding carboxylic acids is 1. The largest absolute Gasteiger partial charge is 0.453 e. The van der Waals surface area contributed by atoms with Crippen LogP contribution in [0.2, 0.25) is 0 Å². The minimum atomic E-state index is -0.219. The van der Waals surface area contributed by atoms with Crippen molar-refractivity contribution in [1.82, 2.24) is 14.9 Å². The molecule has 3 aromatic rings. The lowest BCUT2D eigenvalue weighted by Gasteiger charge is -2.31. The number of likely N-dealkylation sites (tertiary alicyclic amines) is 1. The van der Waals surface area contributed by atoms with Gasteiger partial charge in [-0.25, -0.2) is 4.79 Å². The molecule has 1 fully saturated rings. The molecule has 5 nitrogen and oxygen atoms in total. The van der Waals surface area contributed by atoms with Gasteiger partial charge in [0.25, 0.3) is 0 Å². The highest BCUT2D eigenvalue weighted by Crippen LogP contribution is 2.38. The molecule has 0 spiro atoms. The van der Waals surface area contributed by atoms with E-state index < -0.39 is 0 Å². The first-order valence-corrected chi connectivity index (χ1v) is 10.4. The average Bonchev–Trinajstić information content (AvgIpc) is 3.12. The predicted molar refractivity (Wildman–Crippen MR) is 116 cm³/mol. The van der Waals surface area contributed by atoms with Crippen LogP contribution < -0.4 is 0 Å². The van der Waals surface area contributed by atoms with Crippen LogP contribution in [-0.2, 0) is 4.74 Å². The minimum Gasteiger partial charge on any atom is -0.453 e. The van der Waals surface area contributed by atoms with Crippen molar-refractivity contribution in [3.05, 3.63) is 53.3 Å². The van der Waals surface area contributed by atoms with Crippen LogP contribution in [0.25, 0.3) is 22.2 Å². The molecule has 4 rings (SSSR count). The number of aromatic nitrogens is 2. The van der Waals surface area contributed by atoms with E-state index in [1.54, 1.807) is 4.90 Å². The maximum atomic E-state index is 11.8. The molecule has 0 saturated carbocycles. The van der Waals surface area contributed by atoms with Crippen LogP contribution in [0.4, 0.5) is 4.79 Å². The fraction of sp³-hybridized carbons (Fsp3) is 0.417. The zero-order valence-corrected chi connectivity index (χ0v) is 17.7. The Bertz CT molecular complexity index is 1030. The van der Waals surface area contributed by atoms with Crippen molar-refractivity contribution < 1.29 is 9.53 Å². The number of hydrogen-bond donors (Lipinski definition) is 1. The number of fused-ring (bicyclic) bond motifs is 1. The topological polar surface area (TPSA) is 58.2 Å². The molecule has 1 aliphatic rings. The third-order valence-corrected chi connectivity index (χ3v) is 6.02. The molecule has 2 aromatic heterocycles. The number of methoxy groups -OCH3 is 1. The lowest BCUT2D eigenvalue weighted by Crippen LogP contribution is -2.37. The zero-order valence-electron chi connectivity index (χ0n) is 17.7. The van der Waals surface area contributed by atoms with Crippen LogP contribution >= 0.6 is 0 Å². The fourth-order valence-corrected chi connectivity index (χ4v) is 4.54. The number of amides is 1. The second-order valence-corrected chi connectivity index (χ2v) is 8.29. The number of pyridine rings is 1. The van der Waals surface area contributed by atoms with Gasteiger partial charge in [-0.1, -0.05) is 19.9 Å². The molecular weight excluding hydrogens is 362 g/mol. The Balaban J connectivity index is 1.69. The number of carbonyl (C=O) groups is 1. The summed E-state index contributed by atoms with van der Waals surface area (Å²) in [7, 11) is 1.45. The molecule has 0 atom stereocenters. The van der Waals surface area contributed by atoms with Gasteiger partial charge in [0.2, 0.25) is 0 Å². The van der Waals surface area contributed by atoms with Gasteiger partial charge in [0.15, 0.2) is 0 Å². The van der Waals surface area contributed by atoms with E-state index in [1.807, 2.05) is 13.1 Å². The van der Waals surface area contributed by atoms with Gasteiger partial charge in [0.1, 0.15) is 0 Å². The monoisotopic (exact) mass is 391 g/mol. The van der Waals surface area contributed by atoms with E-state index in [0.717, 1.165) is 31.6 Å². The van der Waals surface area contributed by atoms with Crippen LogP contribution in [0.15, 0.2) is 36.5 Å². The average molecular weight is 392 g/mol. The molecule has 1 aliphatic heterocycles. The Hall–Kier alpha value is -2.82. The van der Waals surface area contributed by atoms with Crippen molar-refractivity contribution in [3.8, 4) is 11.3 Å². The van der Waals surface area contributed by atoms with Crippen molar-refractivity contribution >= 4 is 17.0 Å². The second kappa shape index (κ2) is 7.90. The molecule has 0 unspecified atom stereocenters. The van der Waals surface area contributed by atoms with Gasteiger partial charge in [-0.3, -0.25) is 4.98 Å². The number of aryl methyl sites for hydroxylation is 1. The summed E-state index contributed by atoms with van der Waals surface area (Å²) in [6.45, 7) is 8.03. The molecule has 0 radical (unpaired) electrons. The summed E-state index contributed by atoms with van der Waals surface area (Å²) >= 11 is 0. The lowest BCUT2D eigenvalue weighted by molar-refractivity contribution is 0.112. The highest BCUT2D eigenvalue weighted by Gasteiger charge is 2.25. The Morgan fingerprint density at radius 1 is 1.21 bits per heavy atom. The van der Waals surface area contributed by atoms with E-state index in [4.69, 9.17) is 4.74 Å². The summed E-state index contributed by atoms with van der Waals surface area (Å²) in [6, 6.07) is 11.0. The van der Waals surface area contributed by atoms with Crippen LogP contribution in [0.3, 0.4) is 0 Å². The Kier molecular flexibility index (Phi) is 5.31. The maximum absolute atomic E-state index is 11.8. The van der Waals surface area contributed by atoms with Crippen LogP contribution in [0.5, 0.6) is 0 Å². The summed E-state index contributed by atoms with van der Waals surface area (Å²) in [5.74, 6) is 0.880. The third-order valence-electron chi connectivity index (χ3n) is 6.02. The van der Waals surface area contributed by atoms with E-state index >= 15 is 0 Å². The van der Waals surface area contributed by atoms with Crippen molar-refractivity contribution in [1.29, 1.82) is 0 Å². The summed E-state index contributed by atoms with van der Waals surface area (Å²) in [4.78, 5) is 21.6. The Labute approximate surface area is 172 Å². The van der Waals surface area contributed by atoms with Gasteiger partial charge in [-0.05, 0) is 67.0 Å². The van der Waals surface area contributed by atoms with Gasteiger partial charge in [0, 0.05) is 41.4 Å². The molecule has 1 amide bonds. The number of H-pyrrole nitrogens is 1. The minimum absolute atomic E-state index is 0.219. The van der Waals surface area contributed by atoms with Crippen molar-refractivity contribution in [2.45, 2.75) is 45.4 Å². The standard InChI is InChI=1S/C24H29N3O2/c1-15(2)22-20-14-18(17-8-11-27(12-9-17)24(28)29-4)5-6-21(20)26-23(22)19-7-10-25-16(3)13-19/h5-7,10,13-15,17,26H,8-9,11-12H2,1-4H3. The van der Waals surface area contributed by atoms with Crippen LogP contribution in [-0.4, -0.2) is 41.2 Å². The lowest BCUT2D eigenvalue weighted by atomic mass is 9.87. The summed E-state index contributed by atoms with van der Waals surface area (Å²) in [5.41, 5.74) is 7.30. The van der Waals surface area contributed by atoms with Gasteiger partial charge < -0.3 is 14.6 Å². The van der Waals surface area contributed by atoms with E-state index in [-0.39, 0.29) is 6.09 Å². The van der Waals surface area contributed by atoms with Crippen molar-refractivity contribution in [2.75, 3.05) is 20.2 Å². The zero-order chi connectivity index (χ0) is 20.5. The molecule has 1 N–H and O–H groups in total. The Morgan fingerprint density at radius 3 is 2.62 bits per heavy atom. The first-order chi connectivity index (χ1) is 14.0. The molecule has 3 heterocycles. The SMILES string of the molecule is COC(=O)N1CCC(c2ccc3[nH]c(-c4ccnc(C)c4)c(C(C)C)c3c2)CC1. The number of ether oxygens (including phenoxy) is 1. The normalized spacial score (nSPS) is 15.3. The maximum Gasteiger partial charge on any atom is 0.409 e. The molecule has 0 bridgehead atoms. The number of piperidine rings is 1. The molecule has 0 aliphatic carbocycles. The van der Waals surface area contributed by atoms with E-state index in [9.17, 15) is 4.79 Å². The number of benzene rings is 1. The number of nitrogens with zero attached hydrogens (tertiary/aromatic N) is 2. The summed E-state index contributed by atoms with van der Waals surface area (Å²) in [6.07, 6.45) is 3.60. The van der Waals surface area contributed by atoms with Gasteiger partial charge in [0.05, 0.1) is 12.8 Å². The van der Waals surface area contributed by atoms with E-state index in [1.165, 1.54) is 40.4 Å². The highest BCUT2D eigenvalue weighted by molar-refractivity contribution is 5.92. The number of nitrogens with one attached hydrogen (secondary N) is 1. The van der Waals surface area contributed by atoms with E-state index in [0.29, 0.717) is 11.8 Å². The van der Waals surface area contributed by atoms with E-state index in [2.05, 4.69) is 54.1 Å².